The van der Waals surface area contributed by atoms with Gasteiger partial charge in [-0.1, -0.05) is 0 Å². The van der Waals surface area contributed by atoms with Crippen molar-refractivity contribution in [3.05, 3.63) is 35.1 Å². The van der Waals surface area contributed by atoms with Crippen LogP contribution in [-0.2, 0) is 4.79 Å². The number of piperazine rings is 1. The van der Waals surface area contributed by atoms with Crippen LogP contribution in [0, 0.1) is 12.7 Å². The Morgan fingerprint density at radius 2 is 2.24 bits per heavy atom. The van der Waals surface area contributed by atoms with Crippen LogP contribution in [0.25, 0.3) is 0 Å². The quantitative estimate of drug-likeness (QED) is 0.780. The number of rotatable bonds is 1. The molecule has 0 spiro atoms. The van der Waals surface area contributed by atoms with Gasteiger partial charge in [0.15, 0.2) is 0 Å². The second-order valence-electron chi connectivity index (χ2n) is 4.04. The molecule has 1 aromatic rings. The first kappa shape index (κ1) is 11.6. The van der Waals surface area contributed by atoms with Gasteiger partial charge in [0, 0.05) is 18.7 Å². The Morgan fingerprint density at radius 1 is 1.47 bits per heavy atom. The third kappa shape index (κ3) is 2.43. The summed E-state index contributed by atoms with van der Waals surface area (Å²) in [5, 5.41) is 2.65. The fourth-order valence-electron chi connectivity index (χ4n) is 1.77. The van der Waals surface area contributed by atoms with Gasteiger partial charge in [0.2, 0.25) is 5.91 Å². The van der Waals surface area contributed by atoms with E-state index in [9.17, 15) is 14.0 Å². The van der Waals surface area contributed by atoms with Crippen LogP contribution in [0.2, 0.25) is 0 Å². The first-order valence-corrected chi connectivity index (χ1v) is 5.40. The van der Waals surface area contributed by atoms with E-state index in [0.29, 0.717) is 24.2 Å². The number of amides is 2. The molecule has 0 atom stereocenters. The number of hydrogen-bond donors (Lipinski definition) is 1. The molecule has 1 aliphatic rings. The molecular formula is C12H13FN2O2. The van der Waals surface area contributed by atoms with Crippen molar-refractivity contribution in [1.82, 2.24) is 10.2 Å². The van der Waals surface area contributed by atoms with Gasteiger partial charge in [-0.25, -0.2) is 4.39 Å². The standard InChI is InChI=1S/C12H13FN2O2/c1-8-6-9(2-3-10(8)13)12(17)15-5-4-14-11(16)7-15/h2-3,6H,4-5,7H2,1H3,(H,14,16). The van der Waals surface area contributed by atoms with Crippen LogP contribution in [0.5, 0.6) is 0 Å². The highest BCUT2D eigenvalue weighted by Crippen LogP contribution is 2.12. The number of hydrogen-bond acceptors (Lipinski definition) is 2. The molecule has 1 heterocycles. The fraction of sp³-hybridized carbons (Fsp3) is 0.333. The lowest BCUT2D eigenvalue weighted by atomic mass is 10.1. The Hall–Kier alpha value is -1.91. The molecule has 2 amide bonds. The molecule has 0 aromatic heterocycles. The summed E-state index contributed by atoms with van der Waals surface area (Å²) in [6.45, 7) is 2.62. The highest BCUT2D eigenvalue weighted by Gasteiger charge is 2.22. The molecule has 1 saturated heterocycles. The minimum Gasteiger partial charge on any atom is -0.353 e. The summed E-state index contributed by atoms with van der Waals surface area (Å²) >= 11 is 0. The van der Waals surface area contributed by atoms with Gasteiger partial charge < -0.3 is 10.2 Å². The zero-order valence-electron chi connectivity index (χ0n) is 9.50. The summed E-state index contributed by atoms with van der Waals surface area (Å²) < 4.78 is 13.1. The topological polar surface area (TPSA) is 49.4 Å². The van der Waals surface area contributed by atoms with Crippen LogP contribution < -0.4 is 5.32 Å². The third-order valence-electron chi connectivity index (χ3n) is 2.73. The normalized spacial score (nSPS) is 15.6. The molecule has 1 N–H and O–H groups in total. The second-order valence-corrected chi connectivity index (χ2v) is 4.04. The smallest absolute Gasteiger partial charge is 0.254 e. The van der Waals surface area contributed by atoms with Crippen molar-refractivity contribution in [3.63, 3.8) is 0 Å². The molecule has 90 valence electrons. The summed E-state index contributed by atoms with van der Waals surface area (Å²) in [4.78, 5) is 24.7. The van der Waals surface area contributed by atoms with Crippen LogP contribution in [0.1, 0.15) is 15.9 Å². The average molecular weight is 236 g/mol. The SMILES string of the molecule is Cc1cc(C(=O)N2CCNC(=O)C2)ccc1F. The third-order valence-corrected chi connectivity index (χ3v) is 2.73. The molecule has 0 unspecified atom stereocenters. The maximum absolute atomic E-state index is 13.1. The van der Waals surface area contributed by atoms with E-state index in [4.69, 9.17) is 0 Å². The fourth-order valence-corrected chi connectivity index (χ4v) is 1.77. The van der Waals surface area contributed by atoms with E-state index in [-0.39, 0.29) is 24.2 Å². The van der Waals surface area contributed by atoms with E-state index in [1.807, 2.05) is 0 Å². The first-order chi connectivity index (χ1) is 8.08. The van der Waals surface area contributed by atoms with Crippen LogP contribution >= 0.6 is 0 Å². The first-order valence-electron chi connectivity index (χ1n) is 5.40. The van der Waals surface area contributed by atoms with Crippen LogP contribution in [-0.4, -0.2) is 36.3 Å². The maximum Gasteiger partial charge on any atom is 0.254 e. The Balaban J connectivity index is 2.18. The summed E-state index contributed by atoms with van der Waals surface area (Å²) in [6.07, 6.45) is 0. The number of carbonyl (C=O) groups excluding carboxylic acids is 2. The van der Waals surface area contributed by atoms with Crippen molar-refractivity contribution in [2.75, 3.05) is 19.6 Å². The molecule has 1 aliphatic heterocycles. The largest absolute Gasteiger partial charge is 0.353 e. The predicted molar refractivity (Wildman–Crippen MR) is 60.1 cm³/mol. The Labute approximate surface area is 98.4 Å². The Kier molecular flexibility index (Phi) is 3.08. The van der Waals surface area contributed by atoms with Gasteiger partial charge in [-0.2, -0.15) is 0 Å². The molecule has 0 radical (unpaired) electrons. The maximum atomic E-state index is 13.1. The monoisotopic (exact) mass is 236 g/mol. The lowest BCUT2D eigenvalue weighted by Crippen LogP contribution is -2.49. The van der Waals surface area contributed by atoms with Crippen LogP contribution in [0.15, 0.2) is 18.2 Å². The van der Waals surface area contributed by atoms with Gasteiger partial charge in [0.1, 0.15) is 5.82 Å². The van der Waals surface area contributed by atoms with E-state index < -0.39 is 0 Å². The van der Waals surface area contributed by atoms with E-state index in [1.165, 1.54) is 23.1 Å². The molecule has 0 bridgehead atoms. The number of nitrogens with zero attached hydrogens (tertiary/aromatic N) is 1. The van der Waals surface area contributed by atoms with E-state index >= 15 is 0 Å². The molecule has 4 nitrogen and oxygen atoms in total. The highest BCUT2D eigenvalue weighted by atomic mass is 19.1. The van der Waals surface area contributed by atoms with Gasteiger partial charge in [-0.3, -0.25) is 9.59 Å². The van der Waals surface area contributed by atoms with Crippen molar-refractivity contribution in [1.29, 1.82) is 0 Å². The summed E-state index contributed by atoms with van der Waals surface area (Å²) in [6, 6.07) is 4.22. The molecular weight excluding hydrogens is 223 g/mol. The highest BCUT2D eigenvalue weighted by molar-refractivity contribution is 5.97. The zero-order chi connectivity index (χ0) is 12.4. The minimum atomic E-state index is -0.335. The Morgan fingerprint density at radius 3 is 2.88 bits per heavy atom. The minimum absolute atomic E-state index is 0.0647. The summed E-state index contributed by atoms with van der Waals surface area (Å²) in [7, 11) is 0. The van der Waals surface area contributed by atoms with Gasteiger partial charge in [0.25, 0.3) is 5.91 Å². The molecule has 17 heavy (non-hydrogen) atoms. The molecule has 2 rings (SSSR count). The number of carbonyl (C=O) groups is 2. The summed E-state index contributed by atoms with van der Waals surface area (Å²) in [5.74, 6) is -0.732. The van der Waals surface area contributed by atoms with Crippen molar-refractivity contribution >= 4 is 11.8 Å². The lowest BCUT2D eigenvalue weighted by Gasteiger charge is -2.26. The van der Waals surface area contributed by atoms with E-state index in [0.717, 1.165) is 0 Å². The van der Waals surface area contributed by atoms with Gasteiger partial charge in [0.05, 0.1) is 6.54 Å². The number of nitrogens with one attached hydrogen (secondary N) is 1. The van der Waals surface area contributed by atoms with Crippen molar-refractivity contribution in [3.8, 4) is 0 Å². The van der Waals surface area contributed by atoms with Crippen LogP contribution in [0.4, 0.5) is 4.39 Å². The number of halogens is 1. The van der Waals surface area contributed by atoms with Crippen molar-refractivity contribution < 1.29 is 14.0 Å². The van der Waals surface area contributed by atoms with E-state index in [1.54, 1.807) is 6.92 Å². The lowest BCUT2D eigenvalue weighted by molar-refractivity contribution is -0.123. The average Bonchev–Trinajstić information content (AvgIpc) is 2.32. The van der Waals surface area contributed by atoms with E-state index in [2.05, 4.69) is 5.32 Å². The second kappa shape index (κ2) is 4.53. The number of aryl methyl sites for hydroxylation is 1. The molecule has 5 heteroatoms. The molecule has 0 saturated carbocycles. The van der Waals surface area contributed by atoms with Crippen molar-refractivity contribution in [2.24, 2.45) is 0 Å². The molecule has 0 aliphatic carbocycles. The zero-order valence-corrected chi connectivity index (χ0v) is 9.50. The van der Waals surface area contributed by atoms with Crippen LogP contribution in [0.3, 0.4) is 0 Å². The summed E-state index contributed by atoms with van der Waals surface area (Å²) in [5.41, 5.74) is 0.843. The van der Waals surface area contributed by atoms with Crippen molar-refractivity contribution in [2.45, 2.75) is 6.92 Å². The predicted octanol–water partition coefficient (Wildman–Crippen LogP) is 0.706. The van der Waals surface area contributed by atoms with Gasteiger partial charge >= 0.3 is 0 Å². The molecule has 1 aromatic carbocycles. The number of benzene rings is 1. The van der Waals surface area contributed by atoms with Gasteiger partial charge in [-0.05, 0) is 30.7 Å². The van der Waals surface area contributed by atoms with Gasteiger partial charge in [-0.15, -0.1) is 0 Å². The Bertz CT molecular complexity index is 474. The molecule has 1 fully saturated rings.